The fourth-order valence-corrected chi connectivity index (χ4v) is 0.866. The van der Waals surface area contributed by atoms with Gasteiger partial charge in [-0.25, -0.2) is 0 Å². The molecule has 0 aromatic heterocycles. The summed E-state index contributed by atoms with van der Waals surface area (Å²) in [5.41, 5.74) is 0.256. The summed E-state index contributed by atoms with van der Waals surface area (Å²) in [6, 6.07) is 7.95. The Morgan fingerprint density at radius 2 is 1.62 bits per heavy atom. The summed E-state index contributed by atoms with van der Waals surface area (Å²) < 4.78 is 0. The van der Waals surface area contributed by atoms with Crippen molar-refractivity contribution in [2.75, 3.05) is 0 Å². The molecular formula is C8H6N2O3. The maximum absolute atomic E-state index is 11.2. The highest BCUT2D eigenvalue weighted by atomic mass is 16.3. The first-order chi connectivity index (χ1) is 6.29. The van der Waals surface area contributed by atoms with Crippen molar-refractivity contribution in [3.05, 3.63) is 45.7 Å². The van der Waals surface area contributed by atoms with Crippen LogP contribution in [0.1, 0.15) is 10.4 Å². The largest absolute Gasteiger partial charge is 0.289 e. The Balaban J connectivity index is 2.90. The minimum atomic E-state index is -1.66. The number of carbonyl (C=O) groups excluding carboxylic acids is 1. The third-order valence-corrected chi connectivity index (χ3v) is 1.49. The highest BCUT2D eigenvalue weighted by Crippen LogP contribution is 2.06. The van der Waals surface area contributed by atoms with Crippen LogP contribution in [0.3, 0.4) is 0 Å². The molecule has 0 radical (unpaired) electrons. The summed E-state index contributed by atoms with van der Waals surface area (Å²) >= 11 is 0. The maximum atomic E-state index is 11.2. The van der Waals surface area contributed by atoms with Crippen molar-refractivity contribution >= 4 is 5.78 Å². The van der Waals surface area contributed by atoms with E-state index in [1.165, 1.54) is 12.1 Å². The van der Waals surface area contributed by atoms with Crippen LogP contribution >= 0.6 is 0 Å². The van der Waals surface area contributed by atoms with Crippen LogP contribution in [0.4, 0.5) is 0 Å². The van der Waals surface area contributed by atoms with Crippen LogP contribution in [-0.2, 0) is 0 Å². The average Bonchev–Trinajstić information content (AvgIpc) is 2.21. The van der Waals surface area contributed by atoms with E-state index in [2.05, 4.69) is 10.4 Å². The molecule has 13 heavy (non-hydrogen) atoms. The van der Waals surface area contributed by atoms with Crippen LogP contribution in [-0.4, -0.2) is 11.9 Å². The second-order valence-electron chi connectivity index (χ2n) is 2.31. The maximum Gasteiger partial charge on any atom is 0.284 e. The van der Waals surface area contributed by atoms with Gasteiger partial charge in [0.05, 0.1) is 0 Å². The van der Waals surface area contributed by atoms with E-state index in [-0.39, 0.29) is 5.56 Å². The van der Waals surface area contributed by atoms with E-state index in [9.17, 15) is 14.6 Å². The third kappa shape index (κ3) is 2.02. The molecule has 0 aliphatic carbocycles. The fourth-order valence-electron chi connectivity index (χ4n) is 0.866. The molecule has 66 valence electrons. The summed E-state index contributed by atoms with van der Waals surface area (Å²) in [7, 11) is 0. The van der Waals surface area contributed by atoms with Gasteiger partial charge >= 0.3 is 0 Å². The molecule has 0 heterocycles. The Kier molecular flexibility index (Phi) is 2.97. The van der Waals surface area contributed by atoms with Gasteiger partial charge in [0.2, 0.25) is 5.78 Å². The first-order valence-electron chi connectivity index (χ1n) is 3.54. The molecule has 0 fully saturated rings. The van der Waals surface area contributed by atoms with E-state index in [1.54, 1.807) is 18.2 Å². The zero-order valence-corrected chi connectivity index (χ0v) is 6.58. The lowest BCUT2D eigenvalue weighted by Gasteiger charge is -1.98. The van der Waals surface area contributed by atoms with Crippen molar-refractivity contribution in [3.8, 4) is 0 Å². The molecule has 0 atom stereocenters. The Morgan fingerprint density at radius 1 is 1.08 bits per heavy atom. The number of hydrogen-bond donors (Lipinski definition) is 0. The van der Waals surface area contributed by atoms with Gasteiger partial charge in [0.1, 0.15) is 0 Å². The van der Waals surface area contributed by atoms with E-state index in [0.29, 0.717) is 0 Å². The van der Waals surface area contributed by atoms with Crippen LogP contribution in [0.2, 0.25) is 0 Å². The summed E-state index contributed by atoms with van der Waals surface area (Å²) in [6.45, 7) is 0. The minimum absolute atomic E-state index is 0.256. The molecule has 0 N–H and O–H groups in total. The van der Waals surface area contributed by atoms with E-state index < -0.39 is 11.9 Å². The Morgan fingerprint density at radius 3 is 2.08 bits per heavy atom. The van der Waals surface area contributed by atoms with Crippen molar-refractivity contribution in [1.29, 1.82) is 0 Å². The molecular weight excluding hydrogens is 172 g/mol. The zero-order chi connectivity index (χ0) is 9.68. The number of Topliss-reactive ketones (excluding diaryl/α,β-unsaturated/α-hetero) is 1. The molecule has 0 amide bonds. The Bertz CT molecular complexity index is 315. The molecule has 5 heteroatoms. The van der Waals surface area contributed by atoms with Crippen LogP contribution in [0.5, 0.6) is 0 Å². The van der Waals surface area contributed by atoms with Crippen molar-refractivity contribution in [3.63, 3.8) is 0 Å². The van der Waals surface area contributed by atoms with Gasteiger partial charge in [-0.1, -0.05) is 30.3 Å². The van der Waals surface area contributed by atoms with E-state index in [4.69, 9.17) is 0 Å². The first-order valence-corrected chi connectivity index (χ1v) is 3.54. The zero-order valence-electron chi connectivity index (χ0n) is 6.58. The van der Waals surface area contributed by atoms with Gasteiger partial charge in [-0.05, 0) is 10.4 Å². The number of rotatable bonds is 4. The number of benzene rings is 1. The number of nitrogens with zero attached hydrogens (tertiary/aromatic N) is 2. The third-order valence-electron chi connectivity index (χ3n) is 1.49. The topological polar surface area (TPSA) is 75.9 Å². The summed E-state index contributed by atoms with van der Waals surface area (Å²) in [5, 5.41) is 4.61. The lowest BCUT2D eigenvalue weighted by Crippen LogP contribution is -2.14. The highest BCUT2D eigenvalue weighted by Gasteiger charge is 2.20. The van der Waals surface area contributed by atoms with Gasteiger partial charge in [0.25, 0.3) is 6.17 Å². The summed E-state index contributed by atoms with van der Waals surface area (Å²) in [6.07, 6.45) is -1.66. The van der Waals surface area contributed by atoms with Crippen LogP contribution < -0.4 is 0 Å². The summed E-state index contributed by atoms with van der Waals surface area (Å²) in [5.74, 6) is -0.675. The van der Waals surface area contributed by atoms with Gasteiger partial charge in [-0.3, -0.25) is 4.79 Å². The van der Waals surface area contributed by atoms with Gasteiger partial charge in [0.15, 0.2) is 0 Å². The average molecular weight is 178 g/mol. The standard InChI is InChI=1S/C8H6N2O3/c11-7(8(9-12)10-13)6-4-2-1-3-5-6/h1-5,8H. The molecule has 1 aromatic carbocycles. The van der Waals surface area contributed by atoms with Gasteiger partial charge in [0, 0.05) is 5.56 Å². The fraction of sp³-hybridized carbons (Fsp3) is 0.125. The first kappa shape index (κ1) is 9.18. The number of ketones is 1. The molecule has 1 rings (SSSR count). The number of nitroso groups, excluding NO2 is 2. The van der Waals surface area contributed by atoms with Crippen LogP contribution in [0, 0.1) is 9.81 Å². The van der Waals surface area contributed by atoms with E-state index in [1.807, 2.05) is 0 Å². The lowest BCUT2D eigenvalue weighted by molar-refractivity contribution is 0.0964. The summed E-state index contributed by atoms with van der Waals surface area (Å²) in [4.78, 5) is 31.2. The lowest BCUT2D eigenvalue weighted by atomic mass is 10.1. The Hall–Kier alpha value is -1.91. The monoisotopic (exact) mass is 178 g/mol. The second kappa shape index (κ2) is 4.20. The highest BCUT2D eigenvalue weighted by molar-refractivity contribution is 5.99. The van der Waals surface area contributed by atoms with Crippen molar-refractivity contribution in [2.45, 2.75) is 6.17 Å². The number of hydrogen-bond acceptors (Lipinski definition) is 5. The molecule has 0 spiro atoms. The van der Waals surface area contributed by atoms with Gasteiger partial charge in [-0.2, -0.15) is 0 Å². The quantitative estimate of drug-likeness (QED) is 0.520. The molecule has 1 aromatic rings. The van der Waals surface area contributed by atoms with E-state index >= 15 is 0 Å². The molecule has 0 bridgehead atoms. The van der Waals surface area contributed by atoms with Crippen molar-refractivity contribution < 1.29 is 4.79 Å². The van der Waals surface area contributed by atoms with Crippen molar-refractivity contribution in [2.24, 2.45) is 10.4 Å². The molecule has 0 saturated heterocycles. The Labute approximate surface area is 73.7 Å². The predicted octanol–water partition coefficient (Wildman–Crippen LogP) is 1.73. The smallest absolute Gasteiger partial charge is 0.284 e. The molecule has 0 unspecified atom stereocenters. The van der Waals surface area contributed by atoms with Crippen LogP contribution in [0.15, 0.2) is 40.7 Å². The van der Waals surface area contributed by atoms with Gasteiger partial charge < -0.3 is 0 Å². The van der Waals surface area contributed by atoms with Gasteiger partial charge in [-0.15, -0.1) is 9.81 Å². The number of carbonyl (C=O) groups is 1. The molecule has 0 aliphatic rings. The predicted molar refractivity (Wildman–Crippen MR) is 46.2 cm³/mol. The van der Waals surface area contributed by atoms with Crippen molar-refractivity contribution in [1.82, 2.24) is 0 Å². The normalized spacial score (nSPS) is 9.62. The van der Waals surface area contributed by atoms with Crippen LogP contribution in [0.25, 0.3) is 0 Å². The minimum Gasteiger partial charge on any atom is -0.289 e. The molecule has 0 saturated carbocycles. The van der Waals surface area contributed by atoms with E-state index in [0.717, 1.165) is 0 Å². The SMILES string of the molecule is O=NC(N=O)C(=O)c1ccccc1. The molecule has 0 aliphatic heterocycles. The second-order valence-corrected chi connectivity index (χ2v) is 2.31. The molecule has 5 nitrogen and oxygen atoms in total.